The van der Waals surface area contributed by atoms with Crippen molar-refractivity contribution >= 4 is 27.8 Å². The molecule has 3 rings (SSSR count). The van der Waals surface area contributed by atoms with Gasteiger partial charge in [-0.2, -0.15) is 0 Å². The first-order valence-corrected chi connectivity index (χ1v) is 10.2. The molecular weight excluding hydrogens is 396 g/mol. The number of ether oxygens (including phenoxy) is 1. The Morgan fingerprint density at radius 1 is 1.00 bits per heavy atom. The molecule has 0 unspecified atom stereocenters. The van der Waals surface area contributed by atoms with Gasteiger partial charge in [0, 0.05) is 30.0 Å². The van der Waals surface area contributed by atoms with Gasteiger partial charge in [0.05, 0.1) is 13.0 Å². The van der Waals surface area contributed by atoms with Crippen LogP contribution in [0, 0.1) is 11.8 Å². The molecule has 5 nitrogen and oxygen atoms in total. The largest absolute Gasteiger partial charge is 0.469 e. The second-order valence-corrected chi connectivity index (χ2v) is 8.22. The van der Waals surface area contributed by atoms with E-state index in [9.17, 15) is 9.59 Å². The van der Waals surface area contributed by atoms with Crippen molar-refractivity contribution in [3.05, 3.63) is 34.3 Å². The van der Waals surface area contributed by atoms with Crippen molar-refractivity contribution < 1.29 is 14.3 Å². The predicted molar refractivity (Wildman–Crippen MR) is 103 cm³/mol. The van der Waals surface area contributed by atoms with Crippen LogP contribution in [0.4, 0.5) is 0 Å². The van der Waals surface area contributed by atoms with Crippen LogP contribution in [0.2, 0.25) is 0 Å². The highest BCUT2D eigenvalue weighted by molar-refractivity contribution is 9.10. The smallest absolute Gasteiger partial charge is 0.308 e. The van der Waals surface area contributed by atoms with Crippen molar-refractivity contribution in [3.8, 4) is 0 Å². The highest BCUT2D eigenvalue weighted by Crippen LogP contribution is 2.25. The quantitative estimate of drug-likeness (QED) is 0.699. The van der Waals surface area contributed by atoms with Gasteiger partial charge in [-0.05, 0) is 56.5 Å². The van der Waals surface area contributed by atoms with Crippen molar-refractivity contribution in [3.63, 3.8) is 0 Å². The highest BCUT2D eigenvalue weighted by Gasteiger charge is 2.32. The minimum atomic E-state index is -0.140. The van der Waals surface area contributed by atoms with Crippen molar-refractivity contribution in [1.29, 1.82) is 0 Å². The summed E-state index contributed by atoms with van der Waals surface area (Å²) in [6.45, 7) is 4.23. The third kappa shape index (κ3) is 4.86. The van der Waals surface area contributed by atoms with Crippen LogP contribution in [-0.2, 0) is 20.9 Å². The van der Waals surface area contributed by atoms with Crippen LogP contribution in [0.3, 0.4) is 0 Å². The van der Waals surface area contributed by atoms with Gasteiger partial charge in [0.25, 0.3) is 0 Å². The first kappa shape index (κ1) is 19.4. The molecule has 0 aliphatic carbocycles. The van der Waals surface area contributed by atoms with Crippen molar-refractivity contribution in [2.24, 2.45) is 11.8 Å². The summed E-state index contributed by atoms with van der Waals surface area (Å²) in [5.74, 6) is 0.220. The molecule has 1 aromatic carbocycles. The molecule has 0 atom stereocenters. The van der Waals surface area contributed by atoms with Gasteiger partial charge < -0.3 is 9.64 Å². The molecule has 0 bridgehead atoms. The van der Waals surface area contributed by atoms with Crippen LogP contribution in [0.1, 0.15) is 31.2 Å². The van der Waals surface area contributed by atoms with E-state index in [-0.39, 0.29) is 23.7 Å². The van der Waals surface area contributed by atoms with E-state index in [1.807, 2.05) is 4.90 Å². The molecule has 0 saturated carbocycles. The fourth-order valence-corrected chi connectivity index (χ4v) is 4.21. The van der Waals surface area contributed by atoms with Crippen LogP contribution >= 0.6 is 15.9 Å². The average Bonchev–Trinajstić information content (AvgIpc) is 2.69. The Kier molecular flexibility index (Phi) is 6.70. The maximum absolute atomic E-state index is 12.8. The van der Waals surface area contributed by atoms with Crippen LogP contribution in [0.25, 0.3) is 0 Å². The molecule has 2 aliphatic heterocycles. The van der Waals surface area contributed by atoms with Crippen molar-refractivity contribution in [1.82, 2.24) is 9.80 Å². The summed E-state index contributed by atoms with van der Waals surface area (Å²) in [5.41, 5.74) is 1.31. The second kappa shape index (κ2) is 9.00. The van der Waals surface area contributed by atoms with Gasteiger partial charge in [0.1, 0.15) is 0 Å². The molecule has 2 aliphatic rings. The number of likely N-dealkylation sites (tertiary alicyclic amines) is 2. The average molecular weight is 423 g/mol. The van der Waals surface area contributed by atoms with Gasteiger partial charge in [-0.15, -0.1) is 0 Å². The molecular formula is C20H27BrN2O3. The minimum absolute atomic E-state index is 0.0446. The topological polar surface area (TPSA) is 49.9 Å². The van der Waals surface area contributed by atoms with Crippen molar-refractivity contribution in [2.75, 3.05) is 33.3 Å². The van der Waals surface area contributed by atoms with Gasteiger partial charge >= 0.3 is 5.97 Å². The van der Waals surface area contributed by atoms with E-state index >= 15 is 0 Å². The molecule has 142 valence electrons. The van der Waals surface area contributed by atoms with Crippen LogP contribution < -0.4 is 0 Å². The van der Waals surface area contributed by atoms with E-state index in [0.29, 0.717) is 13.1 Å². The summed E-state index contributed by atoms with van der Waals surface area (Å²) in [6.07, 6.45) is 3.29. The first-order valence-electron chi connectivity index (χ1n) is 9.40. The lowest BCUT2D eigenvalue weighted by molar-refractivity contribution is -0.150. The number of rotatable bonds is 4. The fraction of sp³-hybridized carbons (Fsp3) is 0.600. The van der Waals surface area contributed by atoms with Gasteiger partial charge in [-0.3, -0.25) is 14.5 Å². The maximum atomic E-state index is 12.8. The summed E-state index contributed by atoms with van der Waals surface area (Å²) in [6, 6.07) is 8.44. The molecule has 2 saturated heterocycles. The molecule has 2 fully saturated rings. The number of hydrogen-bond acceptors (Lipinski definition) is 4. The van der Waals surface area contributed by atoms with E-state index < -0.39 is 0 Å². The summed E-state index contributed by atoms with van der Waals surface area (Å²) < 4.78 is 5.92. The molecule has 0 aromatic heterocycles. The lowest BCUT2D eigenvalue weighted by Gasteiger charge is -2.36. The Morgan fingerprint density at radius 3 is 2.15 bits per heavy atom. The molecule has 2 heterocycles. The zero-order valence-electron chi connectivity index (χ0n) is 15.3. The predicted octanol–water partition coefficient (Wildman–Crippen LogP) is 3.07. The molecule has 0 spiro atoms. The summed E-state index contributed by atoms with van der Waals surface area (Å²) in [5, 5.41) is 0. The number of carbonyl (C=O) groups excluding carboxylic acids is 2. The number of esters is 1. The zero-order chi connectivity index (χ0) is 18.5. The van der Waals surface area contributed by atoms with E-state index in [1.54, 1.807) is 0 Å². The molecule has 1 amide bonds. The Labute approximate surface area is 163 Å². The summed E-state index contributed by atoms with van der Waals surface area (Å²) in [7, 11) is 1.43. The SMILES string of the molecule is COC(=O)C1CCN(C(=O)C2CCN(Cc3ccc(Br)cc3)CC2)CC1. The zero-order valence-corrected chi connectivity index (χ0v) is 16.9. The third-order valence-electron chi connectivity index (χ3n) is 5.60. The highest BCUT2D eigenvalue weighted by atomic mass is 79.9. The Bertz CT molecular complexity index is 618. The van der Waals surface area contributed by atoms with Gasteiger partial charge in [0.2, 0.25) is 5.91 Å². The van der Waals surface area contributed by atoms with Crippen LogP contribution in [0.5, 0.6) is 0 Å². The third-order valence-corrected chi connectivity index (χ3v) is 6.13. The monoisotopic (exact) mass is 422 g/mol. The number of benzene rings is 1. The minimum Gasteiger partial charge on any atom is -0.469 e. The Hall–Kier alpha value is -1.40. The van der Waals surface area contributed by atoms with Gasteiger partial charge in [-0.1, -0.05) is 28.1 Å². The van der Waals surface area contributed by atoms with E-state index in [1.165, 1.54) is 12.7 Å². The lowest BCUT2D eigenvalue weighted by Crippen LogP contribution is -2.46. The molecule has 1 aromatic rings. The van der Waals surface area contributed by atoms with Crippen LogP contribution in [-0.4, -0.2) is 55.0 Å². The van der Waals surface area contributed by atoms with E-state index in [4.69, 9.17) is 4.74 Å². The van der Waals surface area contributed by atoms with E-state index in [0.717, 1.165) is 49.8 Å². The number of hydrogen-bond donors (Lipinski definition) is 0. The molecule has 0 N–H and O–H groups in total. The van der Waals surface area contributed by atoms with Gasteiger partial charge in [0.15, 0.2) is 0 Å². The number of carbonyl (C=O) groups is 2. The second-order valence-electron chi connectivity index (χ2n) is 7.30. The Morgan fingerprint density at radius 2 is 1.58 bits per heavy atom. The number of methoxy groups -OCH3 is 1. The molecule has 0 radical (unpaired) electrons. The maximum Gasteiger partial charge on any atom is 0.308 e. The number of piperidine rings is 2. The van der Waals surface area contributed by atoms with Crippen LogP contribution in [0.15, 0.2) is 28.7 Å². The molecule has 26 heavy (non-hydrogen) atoms. The summed E-state index contributed by atoms with van der Waals surface area (Å²) in [4.78, 5) is 28.8. The number of amides is 1. The molecule has 6 heteroatoms. The fourth-order valence-electron chi connectivity index (χ4n) is 3.95. The Balaban J connectivity index is 1.44. The van der Waals surface area contributed by atoms with Crippen molar-refractivity contribution in [2.45, 2.75) is 32.2 Å². The van der Waals surface area contributed by atoms with Gasteiger partial charge in [-0.25, -0.2) is 0 Å². The normalized spacial score (nSPS) is 20.2. The number of nitrogens with zero attached hydrogens (tertiary/aromatic N) is 2. The first-order chi connectivity index (χ1) is 12.6. The number of halogens is 1. The van der Waals surface area contributed by atoms with E-state index in [2.05, 4.69) is 45.1 Å². The standard InChI is InChI=1S/C20H27BrN2O3/c1-26-20(25)17-8-12-23(13-9-17)19(24)16-6-10-22(11-7-16)14-15-2-4-18(21)5-3-15/h2-5,16-17H,6-14H2,1H3. The summed E-state index contributed by atoms with van der Waals surface area (Å²) >= 11 is 3.47. The lowest BCUT2D eigenvalue weighted by atomic mass is 9.92.